The SMILES string of the molecule is CC(C)(NC(=O)c1cccc(C#N)c1)c1cccnc1. The highest BCUT2D eigenvalue weighted by Gasteiger charge is 2.23. The van der Waals surface area contributed by atoms with Crippen molar-refractivity contribution in [2.75, 3.05) is 0 Å². The Morgan fingerprint density at radius 2 is 2.10 bits per heavy atom. The molecule has 0 saturated carbocycles. The predicted molar refractivity (Wildman–Crippen MR) is 75.9 cm³/mol. The molecule has 2 rings (SSSR count). The third-order valence-corrected chi connectivity index (χ3v) is 3.06. The molecule has 0 fully saturated rings. The number of carbonyl (C=O) groups is 1. The van der Waals surface area contributed by atoms with Gasteiger partial charge in [0.1, 0.15) is 0 Å². The number of hydrogen-bond donors (Lipinski definition) is 1. The maximum absolute atomic E-state index is 12.3. The fourth-order valence-corrected chi connectivity index (χ4v) is 1.89. The van der Waals surface area contributed by atoms with Crippen molar-refractivity contribution in [1.82, 2.24) is 10.3 Å². The largest absolute Gasteiger partial charge is 0.343 e. The van der Waals surface area contributed by atoms with Crippen LogP contribution in [-0.4, -0.2) is 10.9 Å². The number of nitrogens with one attached hydrogen (secondary N) is 1. The highest BCUT2D eigenvalue weighted by atomic mass is 16.1. The van der Waals surface area contributed by atoms with Gasteiger partial charge in [-0.3, -0.25) is 9.78 Å². The molecule has 0 radical (unpaired) electrons. The minimum atomic E-state index is -0.534. The van der Waals surface area contributed by atoms with E-state index in [-0.39, 0.29) is 5.91 Å². The Hall–Kier alpha value is -2.67. The van der Waals surface area contributed by atoms with E-state index in [9.17, 15) is 4.79 Å². The van der Waals surface area contributed by atoms with E-state index in [1.807, 2.05) is 32.0 Å². The van der Waals surface area contributed by atoms with Crippen molar-refractivity contribution in [3.05, 3.63) is 65.5 Å². The number of rotatable bonds is 3. The van der Waals surface area contributed by atoms with E-state index in [0.717, 1.165) is 5.56 Å². The average molecular weight is 265 g/mol. The first kappa shape index (κ1) is 13.8. The Balaban J connectivity index is 2.21. The van der Waals surface area contributed by atoms with Crippen LogP contribution in [0.25, 0.3) is 0 Å². The molecular weight excluding hydrogens is 250 g/mol. The standard InChI is InChI=1S/C16H15N3O/c1-16(2,14-7-4-8-18-11-14)19-15(20)13-6-3-5-12(9-13)10-17/h3-9,11H,1-2H3,(H,19,20). The van der Waals surface area contributed by atoms with Crippen molar-refractivity contribution < 1.29 is 4.79 Å². The van der Waals surface area contributed by atoms with E-state index in [2.05, 4.69) is 10.3 Å². The van der Waals surface area contributed by atoms with E-state index < -0.39 is 5.54 Å². The van der Waals surface area contributed by atoms with E-state index in [4.69, 9.17) is 5.26 Å². The van der Waals surface area contributed by atoms with Crippen molar-refractivity contribution in [2.45, 2.75) is 19.4 Å². The molecule has 1 heterocycles. The molecule has 0 bridgehead atoms. The first-order chi connectivity index (χ1) is 9.53. The lowest BCUT2D eigenvalue weighted by molar-refractivity contribution is 0.0912. The number of nitriles is 1. The van der Waals surface area contributed by atoms with Gasteiger partial charge in [-0.2, -0.15) is 5.26 Å². The monoisotopic (exact) mass is 265 g/mol. The third kappa shape index (κ3) is 3.01. The van der Waals surface area contributed by atoms with E-state index in [0.29, 0.717) is 11.1 Å². The number of nitrogens with zero attached hydrogens (tertiary/aromatic N) is 2. The normalized spacial score (nSPS) is 10.7. The van der Waals surface area contributed by atoms with Gasteiger partial charge < -0.3 is 5.32 Å². The molecule has 100 valence electrons. The van der Waals surface area contributed by atoms with Gasteiger partial charge in [-0.05, 0) is 43.7 Å². The molecule has 0 spiro atoms. The zero-order valence-electron chi connectivity index (χ0n) is 11.4. The predicted octanol–water partition coefficient (Wildman–Crippen LogP) is 2.62. The van der Waals surface area contributed by atoms with E-state index in [1.165, 1.54) is 0 Å². The molecule has 0 aliphatic carbocycles. The summed E-state index contributed by atoms with van der Waals surface area (Å²) in [4.78, 5) is 16.3. The van der Waals surface area contributed by atoms with Crippen LogP contribution in [0.4, 0.5) is 0 Å². The van der Waals surface area contributed by atoms with Crippen LogP contribution in [0.15, 0.2) is 48.8 Å². The third-order valence-electron chi connectivity index (χ3n) is 3.06. The van der Waals surface area contributed by atoms with Crippen LogP contribution in [0.1, 0.15) is 35.3 Å². The number of aromatic nitrogens is 1. The van der Waals surface area contributed by atoms with Crippen molar-refractivity contribution in [3.63, 3.8) is 0 Å². The average Bonchev–Trinajstić information content (AvgIpc) is 2.48. The summed E-state index contributed by atoms with van der Waals surface area (Å²) in [5.74, 6) is -0.212. The topological polar surface area (TPSA) is 65.8 Å². The van der Waals surface area contributed by atoms with Crippen LogP contribution in [0, 0.1) is 11.3 Å². The second-order valence-electron chi connectivity index (χ2n) is 5.01. The smallest absolute Gasteiger partial charge is 0.252 e. The Morgan fingerprint density at radius 3 is 2.75 bits per heavy atom. The first-order valence-electron chi connectivity index (χ1n) is 6.26. The Morgan fingerprint density at radius 1 is 1.30 bits per heavy atom. The highest BCUT2D eigenvalue weighted by molar-refractivity contribution is 5.95. The summed E-state index contributed by atoms with van der Waals surface area (Å²) in [5.41, 5.74) is 1.33. The van der Waals surface area contributed by atoms with Crippen molar-refractivity contribution in [3.8, 4) is 6.07 Å². The summed E-state index contributed by atoms with van der Waals surface area (Å²) in [7, 11) is 0. The number of hydrogen-bond acceptors (Lipinski definition) is 3. The number of amides is 1. The Kier molecular flexibility index (Phi) is 3.81. The maximum Gasteiger partial charge on any atom is 0.252 e. The molecule has 1 aromatic carbocycles. The second-order valence-corrected chi connectivity index (χ2v) is 5.01. The molecule has 0 atom stereocenters. The summed E-state index contributed by atoms with van der Waals surface area (Å²) in [6.07, 6.45) is 3.42. The molecule has 0 aliphatic heterocycles. The van der Waals surface area contributed by atoms with Crippen molar-refractivity contribution >= 4 is 5.91 Å². The maximum atomic E-state index is 12.3. The lowest BCUT2D eigenvalue weighted by atomic mass is 9.95. The van der Waals surface area contributed by atoms with Crippen LogP contribution < -0.4 is 5.32 Å². The molecule has 1 N–H and O–H groups in total. The van der Waals surface area contributed by atoms with Crippen LogP contribution in [-0.2, 0) is 5.54 Å². The summed E-state index contributed by atoms with van der Waals surface area (Å²) in [5, 5.41) is 11.8. The van der Waals surface area contributed by atoms with Gasteiger partial charge in [-0.15, -0.1) is 0 Å². The van der Waals surface area contributed by atoms with Gasteiger partial charge in [0.2, 0.25) is 0 Å². The van der Waals surface area contributed by atoms with Crippen LogP contribution in [0.3, 0.4) is 0 Å². The summed E-state index contributed by atoms with van der Waals surface area (Å²) in [6, 6.07) is 12.4. The van der Waals surface area contributed by atoms with Crippen LogP contribution >= 0.6 is 0 Å². The van der Waals surface area contributed by atoms with Crippen molar-refractivity contribution in [1.29, 1.82) is 5.26 Å². The van der Waals surface area contributed by atoms with Gasteiger partial charge in [0.15, 0.2) is 0 Å². The van der Waals surface area contributed by atoms with E-state index in [1.54, 1.807) is 36.7 Å². The molecule has 4 heteroatoms. The van der Waals surface area contributed by atoms with Gasteiger partial charge in [-0.1, -0.05) is 12.1 Å². The molecule has 4 nitrogen and oxygen atoms in total. The quantitative estimate of drug-likeness (QED) is 0.927. The number of benzene rings is 1. The number of pyridine rings is 1. The fraction of sp³-hybridized carbons (Fsp3) is 0.188. The molecule has 0 saturated heterocycles. The molecule has 2 aromatic rings. The van der Waals surface area contributed by atoms with Gasteiger partial charge in [0.25, 0.3) is 5.91 Å². The molecule has 1 aromatic heterocycles. The molecular formula is C16H15N3O. The molecule has 0 unspecified atom stereocenters. The highest BCUT2D eigenvalue weighted by Crippen LogP contribution is 2.19. The summed E-state index contributed by atoms with van der Waals surface area (Å²) < 4.78 is 0. The van der Waals surface area contributed by atoms with Crippen molar-refractivity contribution in [2.24, 2.45) is 0 Å². The van der Waals surface area contributed by atoms with Crippen LogP contribution in [0.2, 0.25) is 0 Å². The van der Waals surface area contributed by atoms with E-state index >= 15 is 0 Å². The Labute approximate surface area is 118 Å². The minimum Gasteiger partial charge on any atom is -0.343 e. The molecule has 0 aliphatic rings. The molecule has 20 heavy (non-hydrogen) atoms. The first-order valence-corrected chi connectivity index (χ1v) is 6.26. The zero-order valence-corrected chi connectivity index (χ0v) is 11.4. The number of carbonyl (C=O) groups excluding carboxylic acids is 1. The van der Waals surface area contributed by atoms with Gasteiger partial charge in [0.05, 0.1) is 17.2 Å². The van der Waals surface area contributed by atoms with Gasteiger partial charge in [0, 0.05) is 18.0 Å². The summed E-state index contributed by atoms with van der Waals surface area (Å²) in [6.45, 7) is 3.83. The Bertz CT molecular complexity index is 657. The van der Waals surface area contributed by atoms with Gasteiger partial charge in [-0.25, -0.2) is 0 Å². The minimum absolute atomic E-state index is 0.212. The fourth-order valence-electron chi connectivity index (χ4n) is 1.89. The molecule has 1 amide bonds. The van der Waals surface area contributed by atoms with Crippen LogP contribution in [0.5, 0.6) is 0 Å². The lowest BCUT2D eigenvalue weighted by Crippen LogP contribution is -2.41. The van der Waals surface area contributed by atoms with Gasteiger partial charge >= 0.3 is 0 Å². The lowest BCUT2D eigenvalue weighted by Gasteiger charge is -2.26. The second kappa shape index (κ2) is 5.54. The summed E-state index contributed by atoms with van der Waals surface area (Å²) >= 11 is 0. The zero-order chi connectivity index (χ0) is 14.6.